The molecule has 0 saturated heterocycles. The number of rotatable bonds is 9. The number of aryl methyl sites for hydroxylation is 1. The average molecular weight is 353 g/mol. The molecule has 1 amide bonds. The molecule has 4 N–H and O–H groups in total. The molecule has 0 bridgehead atoms. The van der Waals surface area contributed by atoms with Gasteiger partial charge in [0.15, 0.2) is 0 Å². The maximum Gasteiger partial charge on any atom is 0.305 e. The number of amides is 1. The molecule has 0 fully saturated rings. The molecule has 1 rings (SSSR count). The number of carbonyl (C=O) groups is 2. The number of aliphatic hydroxyl groups excluding tert-OH is 2. The Morgan fingerprint density at radius 1 is 1.08 bits per heavy atom. The highest BCUT2D eigenvalue weighted by Crippen LogP contribution is 2.06. The Hall–Kier alpha value is -1.92. The second-order valence-electron chi connectivity index (χ2n) is 5.91. The molecule has 0 spiro atoms. The molecular weight excluding hydrogens is 322 g/mol. The van der Waals surface area contributed by atoms with Crippen LogP contribution in [0, 0.1) is 0 Å². The normalized spacial score (nSPS) is 12.5. The molecule has 0 aromatic heterocycles. The fourth-order valence-corrected chi connectivity index (χ4v) is 1.93. The number of hydrogen-bond acceptors (Lipinski definition) is 4. The van der Waals surface area contributed by atoms with Crippen LogP contribution in [0.4, 0.5) is 0 Å². The van der Waals surface area contributed by atoms with E-state index in [1.54, 1.807) is 18.2 Å². The summed E-state index contributed by atoms with van der Waals surface area (Å²) < 4.78 is 0. The Bertz CT molecular complexity index is 516. The van der Waals surface area contributed by atoms with E-state index in [1.807, 2.05) is 13.0 Å². The van der Waals surface area contributed by atoms with E-state index in [1.165, 1.54) is 12.8 Å². The van der Waals surface area contributed by atoms with Gasteiger partial charge in [0.25, 0.3) is 5.91 Å². The molecular formula is C19H31NO5. The minimum atomic E-state index is -1.13. The second-order valence-corrected chi connectivity index (χ2v) is 5.91. The zero-order chi connectivity index (χ0) is 19.2. The first-order valence-corrected chi connectivity index (χ1v) is 8.78. The second kappa shape index (κ2) is 13.4. The van der Waals surface area contributed by atoms with Gasteiger partial charge in [-0.15, -0.1) is 0 Å². The van der Waals surface area contributed by atoms with Crippen molar-refractivity contribution in [2.75, 3.05) is 6.54 Å². The first-order valence-electron chi connectivity index (χ1n) is 8.78. The highest BCUT2D eigenvalue weighted by Gasteiger charge is 2.16. The Labute approximate surface area is 149 Å². The molecule has 142 valence electrons. The predicted molar refractivity (Wildman–Crippen MR) is 97.6 cm³/mol. The Morgan fingerprint density at radius 3 is 2.24 bits per heavy atom. The summed E-state index contributed by atoms with van der Waals surface area (Å²) in [5, 5.41) is 30.1. The molecule has 25 heavy (non-hydrogen) atoms. The van der Waals surface area contributed by atoms with Crippen molar-refractivity contribution in [3.8, 4) is 0 Å². The zero-order valence-electron chi connectivity index (χ0n) is 15.4. The van der Waals surface area contributed by atoms with Crippen LogP contribution in [0.5, 0.6) is 0 Å². The van der Waals surface area contributed by atoms with Gasteiger partial charge in [0.1, 0.15) is 0 Å². The maximum atomic E-state index is 11.9. The number of carbonyl (C=O) groups excluding carboxylic acids is 1. The van der Waals surface area contributed by atoms with Crippen molar-refractivity contribution in [3.05, 3.63) is 35.4 Å². The average Bonchev–Trinajstić information content (AvgIpc) is 2.59. The summed E-state index contributed by atoms with van der Waals surface area (Å²) in [6.45, 7) is 6.32. The number of aliphatic carboxylic acids is 1. The molecule has 0 unspecified atom stereocenters. The van der Waals surface area contributed by atoms with Gasteiger partial charge in [0.05, 0.1) is 18.6 Å². The van der Waals surface area contributed by atoms with Gasteiger partial charge in [-0.25, -0.2) is 0 Å². The van der Waals surface area contributed by atoms with Gasteiger partial charge in [0.2, 0.25) is 0 Å². The molecule has 2 atom stereocenters. The lowest BCUT2D eigenvalue weighted by Gasteiger charge is -2.15. The van der Waals surface area contributed by atoms with E-state index in [2.05, 4.69) is 19.2 Å². The van der Waals surface area contributed by atoms with E-state index in [-0.39, 0.29) is 18.9 Å². The van der Waals surface area contributed by atoms with E-state index in [0.29, 0.717) is 5.56 Å². The van der Waals surface area contributed by atoms with Crippen molar-refractivity contribution in [2.45, 2.75) is 65.1 Å². The van der Waals surface area contributed by atoms with Crippen LogP contribution in [0.25, 0.3) is 0 Å². The fraction of sp³-hybridized carbons (Fsp3) is 0.579. The number of carboxylic acids is 1. The van der Waals surface area contributed by atoms with Gasteiger partial charge in [-0.3, -0.25) is 9.59 Å². The molecule has 0 radical (unpaired) electrons. The first-order chi connectivity index (χ1) is 11.8. The summed E-state index contributed by atoms with van der Waals surface area (Å²) in [5.74, 6) is -1.44. The smallest absolute Gasteiger partial charge is 0.305 e. The summed E-state index contributed by atoms with van der Waals surface area (Å²) in [6, 6.07) is 7.18. The molecule has 1 aromatic rings. The van der Waals surface area contributed by atoms with Gasteiger partial charge < -0.3 is 20.6 Å². The van der Waals surface area contributed by atoms with E-state index in [4.69, 9.17) is 5.11 Å². The topological polar surface area (TPSA) is 107 Å². The van der Waals surface area contributed by atoms with Crippen LogP contribution in [0.1, 0.15) is 62.4 Å². The van der Waals surface area contributed by atoms with Crippen LogP contribution in [-0.4, -0.2) is 45.9 Å². The van der Waals surface area contributed by atoms with Crippen LogP contribution in [0.3, 0.4) is 0 Å². The summed E-state index contributed by atoms with van der Waals surface area (Å²) >= 11 is 0. The van der Waals surface area contributed by atoms with Gasteiger partial charge in [-0.1, -0.05) is 45.7 Å². The van der Waals surface area contributed by atoms with Gasteiger partial charge in [0, 0.05) is 18.5 Å². The number of carboxylic acid groups (broad SMARTS) is 1. The third-order valence-corrected chi connectivity index (χ3v) is 3.55. The van der Waals surface area contributed by atoms with Gasteiger partial charge in [-0.05, 0) is 24.1 Å². The van der Waals surface area contributed by atoms with Crippen molar-refractivity contribution >= 4 is 11.9 Å². The largest absolute Gasteiger partial charge is 0.481 e. The summed E-state index contributed by atoms with van der Waals surface area (Å²) in [6.07, 6.45) is 0.825. The SMILES string of the molecule is CCCC.CCc1cccc(C(=O)NC[C@@H](O)C[C@@H](O)CC(=O)O)c1. The molecule has 0 aliphatic carbocycles. The maximum absolute atomic E-state index is 11.9. The van der Waals surface area contributed by atoms with Gasteiger partial charge in [-0.2, -0.15) is 0 Å². The van der Waals surface area contributed by atoms with Crippen molar-refractivity contribution in [1.82, 2.24) is 5.32 Å². The van der Waals surface area contributed by atoms with Crippen LogP contribution >= 0.6 is 0 Å². The summed E-state index contributed by atoms with van der Waals surface area (Å²) in [4.78, 5) is 22.3. The van der Waals surface area contributed by atoms with Crippen LogP contribution in [0.2, 0.25) is 0 Å². The minimum absolute atomic E-state index is 0.0358. The quantitative estimate of drug-likeness (QED) is 0.545. The van der Waals surface area contributed by atoms with E-state index >= 15 is 0 Å². The van der Waals surface area contributed by atoms with E-state index < -0.39 is 24.6 Å². The number of nitrogens with one attached hydrogen (secondary N) is 1. The lowest BCUT2D eigenvalue weighted by Crippen LogP contribution is -2.34. The summed E-state index contributed by atoms with van der Waals surface area (Å²) in [5.41, 5.74) is 1.55. The van der Waals surface area contributed by atoms with Crippen LogP contribution < -0.4 is 5.32 Å². The fourth-order valence-electron chi connectivity index (χ4n) is 1.93. The van der Waals surface area contributed by atoms with E-state index in [0.717, 1.165) is 12.0 Å². The van der Waals surface area contributed by atoms with Crippen LogP contribution in [-0.2, 0) is 11.2 Å². The monoisotopic (exact) mass is 353 g/mol. The van der Waals surface area contributed by atoms with Crippen molar-refractivity contribution < 1.29 is 24.9 Å². The van der Waals surface area contributed by atoms with Crippen molar-refractivity contribution in [3.63, 3.8) is 0 Å². The lowest BCUT2D eigenvalue weighted by molar-refractivity contribution is -0.139. The number of hydrogen-bond donors (Lipinski definition) is 4. The third-order valence-electron chi connectivity index (χ3n) is 3.55. The molecule has 0 saturated carbocycles. The Kier molecular flexibility index (Phi) is 12.4. The van der Waals surface area contributed by atoms with E-state index in [9.17, 15) is 19.8 Å². The molecule has 0 heterocycles. The number of aliphatic hydroxyl groups is 2. The Morgan fingerprint density at radius 2 is 1.72 bits per heavy atom. The molecule has 1 aromatic carbocycles. The minimum Gasteiger partial charge on any atom is -0.481 e. The van der Waals surface area contributed by atoms with Crippen molar-refractivity contribution in [1.29, 1.82) is 0 Å². The Balaban J connectivity index is 0.00000129. The zero-order valence-corrected chi connectivity index (χ0v) is 15.4. The van der Waals surface area contributed by atoms with Crippen LogP contribution in [0.15, 0.2) is 24.3 Å². The predicted octanol–water partition coefficient (Wildman–Crippen LogP) is 2.37. The standard InChI is InChI=1S/C15H21NO5.C4H10/c1-2-10-4-3-5-11(6-10)15(21)16-9-13(18)7-12(17)8-14(19)20;1-3-4-2/h3-6,12-13,17-18H,2,7-9H2,1H3,(H,16,21)(H,19,20);3-4H2,1-2H3/t12-,13+;/m1./s1. The third kappa shape index (κ3) is 11.3. The molecule has 0 aliphatic rings. The molecule has 6 heteroatoms. The van der Waals surface area contributed by atoms with Gasteiger partial charge >= 0.3 is 5.97 Å². The first kappa shape index (κ1) is 23.1. The number of benzene rings is 1. The molecule has 0 aliphatic heterocycles. The molecule has 6 nitrogen and oxygen atoms in total. The highest BCUT2D eigenvalue weighted by atomic mass is 16.4. The number of unbranched alkanes of at least 4 members (excludes halogenated alkanes) is 1. The highest BCUT2D eigenvalue weighted by molar-refractivity contribution is 5.94. The summed E-state index contributed by atoms with van der Waals surface area (Å²) in [7, 11) is 0. The lowest BCUT2D eigenvalue weighted by atomic mass is 10.1. The van der Waals surface area contributed by atoms with Crippen molar-refractivity contribution in [2.24, 2.45) is 0 Å².